The first kappa shape index (κ1) is 11.8. The third kappa shape index (κ3) is 3.15. The second kappa shape index (κ2) is 5.60. The monoisotopic (exact) mass is 238 g/mol. The number of hydrogen-bond acceptors (Lipinski definition) is 5. The van der Waals surface area contributed by atoms with Gasteiger partial charge in [-0.3, -0.25) is 10.1 Å². The molecule has 17 heavy (non-hydrogen) atoms. The van der Waals surface area contributed by atoms with E-state index in [1.807, 2.05) is 0 Å². The minimum Gasteiger partial charge on any atom is -0.377 e. The minimum absolute atomic E-state index is 0.0523. The third-order valence-electron chi connectivity index (χ3n) is 2.51. The zero-order valence-electron chi connectivity index (χ0n) is 9.30. The van der Waals surface area contributed by atoms with Crippen LogP contribution in [0.3, 0.4) is 0 Å². The average Bonchev–Trinajstić information content (AvgIpc) is 2.38. The molecule has 92 valence electrons. The molecule has 6 heteroatoms. The molecule has 0 bridgehead atoms. The van der Waals surface area contributed by atoms with Gasteiger partial charge in [0.15, 0.2) is 0 Å². The van der Waals surface area contributed by atoms with Crippen LogP contribution < -0.4 is 5.32 Å². The quantitative estimate of drug-likeness (QED) is 0.634. The molecule has 0 aliphatic carbocycles. The van der Waals surface area contributed by atoms with Crippen LogP contribution in [-0.4, -0.2) is 37.4 Å². The maximum Gasteiger partial charge on any atom is 0.292 e. The van der Waals surface area contributed by atoms with E-state index in [2.05, 4.69) is 5.32 Å². The molecule has 1 aliphatic rings. The highest BCUT2D eigenvalue weighted by Gasteiger charge is 2.17. The number of hydrogen-bond donors (Lipinski definition) is 1. The summed E-state index contributed by atoms with van der Waals surface area (Å²) in [6.07, 6.45) is -0.0523. The second-order valence-electron chi connectivity index (χ2n) is 3.72. The zero-order valence-corrected chi connectivity index (χ0v) is 9.30. The molecule has 1 fully saturated rings. The second-order valence-corrected chi connectivity index (χ2v) is 3.72. The van der Waals surface area contributed by atoms with Crippen LogP contribution >= 0.6 is 0 Å². The molecular weight excluding hydrogens is 224 g/mol. The first-order chi connectivity index (χ1) is 8.27. The maximum atomic E-state index is 10.8. The van der Waals surface area contributed by atoms with Gasteiger partial charge in [-0.1, -0.05) is 12.1 Å². The van der Waals surface area contributed by atoms with Gasteiger partial charge >= 0.3 is 0 Å². The first-order valence-corrected chi connectivity index (χ1v) is 5.44. The van der Waals surface area contributed by atoms with Crippen molar-refractivity contribution in [2.75, 3.05) is 31.7 Å². The molecule has 1 N–H and O–H groups in total. The Kier molecular flexibility index (Phi) is 3.89. The van der Waals surface area contributed by atoms with Gasteiger partial charge < -0.3 is 14.8 Å². The molecule has 1 saturated heterocycles. The Labute approximate surface area is 98.7 Å². The lowest BCUT2D eigenvalue weighted by molar-refractivity contribution is -0.384. The molecule has 1 aliphatic heterocycles. The minimum atomic E-state index is -0.402. The molecule has 0 aromatic heterocycles. The number of para-hydroxylation sites is 2. The van der Waals surface area contributed by atoms with Crippen molar-refractivity contribution < 1.29 is 14.4 Å². The third-order valence-corrected chi connectivity index (χ3v) is 2.51. The molecule has 0 saturated carbocycles. The number of nitro groups is 1. The number of nitrogens with zero attached hydrogens (tertiary/aromatic N) is 1. The van der Waals surface area contributed by atoms with Crippen LogP contribution in [0.25, 0.3) is 0 Å². The smallest absolute Gasteiger partial charge is 0.292 e. The summed E-state index contributed by atoms with van der Waals surface area (Å²) in [6, 6.07) is 6.56. The number of rotatable bonds is 4. The van der Waals surface area contributed by atoms with Crippen LogP contribution in [0, 0.1) is 10.1 Å². The van der Waals surface area contributed by atoms with Crippen molar-refractivity contribution in [3.63, 3.8) is 0 Å². The Morgan fingerprint density at radius 3 is 2.94 bits per heavy atom. The van der Waals surface area contributed by atoms with Crippen LogP contribution in [-0.2, 0) is 9.47 Å². The van der Waals surface area contributed by atoms with Gasteiger partial charge in [-0.25, -0.2) is 0 Å². The standard InChI is InChI=1S/C11H14N2O4/c14-13(15)11-4-2-1-3-10(11)12-7-9-8-16-5-6-17-9/h1-4,9,12H,5-8H2. The van der Waals surface area contributed by atoms with E-state index < -0.39 is 4.92 Å². The van der Waals surface area contributed by atoms with E-state index in [1.54, 1.807) is 18.2 Å². The van der Waals surface area contributed by atoms with Crippen LogP contribution in [0.5, 0.6) is 0 Å². The number of nitrogens with one attached hydrogen (secondary N) is 1. The van der Waals surface area contributed by atoms with E-state index in [0.29, 0.717) is 32.1 Å². The maximum absolute atomic E-state index is 10.8. The van der Waals surface area contributed by atoms with Gasteiger partial charge in [-0.2, -0.15) is 0 Å². The summed E-state index contributed by atoms with van der Waals surface area (Å²) >= 11 is 0. The summed E-state index contributed by atoms with van der Waals surface area (Å²) < 4.78 is 10.7. The highest BCUT2D eigenvalue weighted by molar-refractivity contribution is 5.61. The lowest BCUT2D eigenvalue weighted by atomic mass is 10.2. The highest BCUT2D eigenvalue weighted by atomic mass is 16.6. The molecular formula is C11H14N2O4. The van der Waals surface area contributed by atoms with Crippen molar-refractivity contribution in [3.05, 3.63) is 34.4 Å². The Morgan fingerprint density at radius 1 is 1.41 bits per heavy atom. The summed E-state index contributed by atoms with van der Waals surface area (Å²) in [6.45, 7) is 2.21. The van der Waals surface area contributed by atoms with E-state index in [0.717, 1.165) is 0 Å². The molecule has 2 rings (SSSR count). The fourth-order valence-corrected chi connectivity index (χ4v) is 1.66. The normalized spacial score (nSPS) is 19.9. The van der Waals surface area contributed by atoms with E-state index in [1.165, 1.54) is 6.07 Å². The molecule has 1 aromatic carbocycles. The molecule has 0 amide bonds. The molecule has 0 spiro atoms. The van der Waals surface area contributed by atoms with Gasteiger partial charge in [0.05, 0.1) is 30.8 Å². The molecule has 1 unspecified atom stereocenters. The molecule has 0 radical (unpaired) electrons. The van der Waals surface area contributed by atoms with Crippen LogP contribution in [0.4, 0.5) is 11.4 Å². The summed E-state index contributed by atoms with van der Waals surface area (Å²) in [7, 11) is 0. The van der Waals surface area contributed by atoms with Crippen molar-refractivity contribution >= 4 is 11.4 Å². The highest BCUT2D eigenvalue weighted by Crippen LogP contribution is 2.23. The van der Waals surface area contributed by atoms with Gasteiger partial charge in [0.1, 0.15) is 5.69 Å². The van der Waals surface area contributed by atoms with Crippen molar-refractivity contribution in [2.45, 2.75) is 6.10 Å². The fourth-order valence-electron chi connectivity index (χ4n) is 1.66. The van der Waals surface area contributed by atoms with E-state index in [-0.39, 0.29) is 11.8 Å². The van der Waals surface area contributed by atoms with Crippen molar-refractivity contribution in [1.82, 2.24) is 0 Å². The van der Waals surface area contributed by atoms with Gasteiger partial charge in [0.25, 0.3) is 5.69 Å². The topological polar surface area (TPSA) is 73.6 Å². The largest absolute Gasteiger partial charge is 0.377 e. The molecule has 6 nitrogen and oxygen atoms in total. The van der Waals surface area contributed by atoms with Gasteiger partial charge in [0, 0.05) is 12.6 Å². The molecule has 1 atom stereocenters. The molecule has 1 aromatic rings. The number of benzene rings is 1. The number of ether oxygens (including phenoxy) is 2. The van der Waals surface area contributed by atoms with Crippen molar-refractivity contribution in [1.29, 1.82) is 0 Å². The first-order valence-electron chi connectivity index (χ1n) is 5.44. The van der Waals surface area contributed by atoms with Crippen molar-refractivity contribution in [3.8, 4) is 0 Å². The van der Waals surface area contributed by atoms with Gasteiger partial charge in [-0.15, -0.1) is 0 Å². The predicted octanol–water partition coefficient (Wildman–Crippen LogP) is 1.42. The van der Waals surface area contributed by atoms with E-state index in [4.69, 9.17) is 9.47 Å². The Bertz CT molecular complexity index is 391. The summed E-state index contributed by atoms with van der Waals surface area (Å²) in [5.74, 6) is 0. The predicted molar refractivity (Wildman–Crippen MR) is 62.1 cm³/mol. The Morgan fingerprint density at radius 2 is 2.24 bits per heavy atom. The lowest BCUT2D eigenvalue weighted by Crippen LogP contribution is -2.34. The van der Waals surface area contributed by atoms with Crippen LogP contribution in [0.2, 0.25) is 0 Å². The van der Waals surface area contributed by atoms with E-state index >= 15 is 0 Å². The summed E-state index contributed by atoms with van der Waals surface area (Å²) in [5.41, 5.74) is 0.580. The molecule has 1 heterocycles. The SMILES string of the molecule is O=[N+]([O-])c1ccccc1NCC1COCCO1. The summed E-state index contributed by atoms with van der Waals surface area (Å²) in [5, 5.41) is 13.8. The zero-order chi connectivity index (χ0) is 12.1. The fraction of sp³-hybridized carbons (Fsp3) is 0.455. The van der Waals surface area contributed by atoms with Gasteiger partial charge in [0.2, 0.25) is 0 Å². The summed E-state index contributed by atoms with van der Waals surface area (Å²) in [4.78, 5) is 10.4. The number of nitro benzene ring substituents is 1. The lowest BCUT2D eigenvalue weighted by Gasteiger charge is -2.23. The Hall–Kier alpha value is -1.66. The van der Waals surface area contributed by atoms with E-state index in [9.17, 15) is 10.1 Å². The van der Waals surface area contributed by atoms with Crippen molar-refractivity contribution in [2.24, 2.45) is 0 Å². The van der Waals surface area contributed by atoms with Crippen LogP contribution in [0.15, 0.2) is 24.3 Å². The average molecular weight is 238 g/mol. The number of anilines is 1. The van der Waals surface area contributed by atoms with Crippen LogP contribution in [0.1, 0.15) is 0 Å². The van der Waals surface area contributed by atoms with Gasteiger partial charge in [-0.05, 0) is 6.07 Å². The Balaban J connectivity index is 1.96.